The van der Waals surface area contributed by atoms with E-state index in [-0.39, 0.29) is 12.3 Å². The smallest absolute Gasteiger partial charge is 0.333 e. The van der Waals surface area contributed by atoms with E-state index in [0.717, 1.165) is 16.5 Å². The van der Waals surface area contributed by atoms with Crippen LogP contribution in [0.2, 0.25) is 0 Å². The summed E-state index contributed by atoms with van der Waals surface area (Å²) in [5.41, 5.74) is 2.87. The molecule has 2 heterocycles. The van der Waals surface area contributed by atoms with Crippen molar-refractivity contribution in [1.29, 1.82) is 0 Å². The van der Waals surface area contributed by atoms with Crippen LogP contribution < -0.4 is 0 Å². The summed E-state index contributed by atoms with van der Waals surface area (Å²) in [5.74, 6) is -0.0587. The van der Waals surface area contributed by atoms with E-state index in [4.69, 9.17) is 9.15 Å². The van der Waals surface area contributed by atoms with Crippen LogP contribution in [0.3, 0.4) is 0 Å². The fraction of sp³-hybridized carbons (Fsp3) is 0.143. The number of benzene rings is 2. The third kappa shape index (κ3) is 3.47. The molecule has 4 rings (SSSR count). The first-order valence-electron chi connectivity index (χ1n) is 8.90. The molecule has 29 heavy (non-hydrogen) atoms. The van der Waals surface area contributed by atoms with Gasteiger partial charge in [-0.25, -0.2) is 9.78 Å². The molecule has 2 aromatic carbocycles. The number of ether oxygens (including phenoxy) is 1. The number of esters is 1. The molecule has 0 atom stereocenters. The number of nitrogens with zero attached hydrogens (tertiary/aromatic N) is 3. The summed E-state index contributed by atoms with van der Waals surface area (Å²) in [5, 5.41) is 11.9. The Hall–Kier alpha value is -3.94. The molecule has 4 aromatic rings. The Balaban J connectivity index is 1.71. The second-order valence-electron chi connectivity index (χ2n) is 6.60. The third-order valence-corrected chi connectivity index (χ3v) is 4.52. The third-order valence-electron chi connectivity index (χ3n) is 4.52. The number of carbonyl (C=O) groups excluding carboxylic acids is 1. The predicted octanol–water partition coefficient (Wildman–Crippen LogP) is 4.48. The lowest BCUT2D eigenvalue weighted by molar-refractivity contribution is -0.384. The molecule has 8 heteroatoms. The fourth-order valence-corrected chi connectivity index (χ4v) is 3.10. The number of aromatic nitrogens is 2. The Bertz CT molecular complexity index is 1270. The molecule has 0 unspecified atom stereocenters. The fourth-order valence-electron chi connectivity index (χ4n) is 3.10. The van der Waals surface area contributed by atoms with Gasteiger partial charge >= 0.3 is 5.97 Å². The van der Waals surface area contributed by atoms with Gasteiger partial charge in [-0.1, -0.05) is 24.8 Å². The first kappa shape index (κ1) is 18.4. The standard InChI is InChI=1S/C21H17N3O5/c1-13(2)21(25)28-10-9-23-12-16(15-5-3-4-6-18(15)23)20-22-17-8-7-14(24(26)27)11-19(17)29-20/h3-8,11-12H,1,9-10H2,2H3. The van der Waals surface area contributed by atoms with Gasteiger partial charge < -0.3 is 13.7 Å². The molecule has 0 saturated carbocycles. The SMILES string of the molecule is C=C(C)C(=O)OCCn1cc(-c2nc3ccc([N+](=O)[O-])cc3o2)c2ccccc21. The molecule has 2 aromatic heterocycles. The largest absolute Gasteiger partial charge is 0.460 e. The van der Waals surface area contributed by atoms with Crippen molar-refractivity contribution >= 4 is 33.7 Å². The number of nitro benzene ring substituents is 1. The minimum absolute atomic E-state index is 0.0537. The summed E-state index contributed by atoms with van der Waals surface area (Å²) in [6.45, 7) is 5.82. The number of oxazole rings is 1. The van der Waals surface area contributed by atoms with E-state index in [1.807, 2.05) is 35.0 Å². The van der Waals surface area contributed by atoms with Crippen LogP contribution in [0.1, 0.15) is 6.92 Å². The van der Waals surface area contributed by atoms with Crippen LogP contribution in [0, 0.1) is 10.1 Å². The van der Waals surface area contributed by atoms with Gasteiger partial charge in [-0.15, -0.1) is 0 Å². The minimum atomic E-state index is -0.472. The molecule has 0 aliphatic rings. The summed E-state index contributed by atoms with van der Waals surface area (Å²) in [6.07, 6.45) is 1.87. The quantitative estimate of drug-likeness (QED) is 0.208. The van der Waals surface area contributed by atoms with Crippen LogP contribution in [0.15, 0.2) is 65.2 Å². The van der Waals surface area contributed by atoms with Crippen molar-refractivity contribution in [2.45, 2.75) is 13.5 Å². The molecule has 0 spiro atoms. The van der Waals surface area contributed by atoms with Crippen molar-refractivity contribution in [3.05, 3.63) is 70.9 Å². The highest BCUT2D eigenvalue weighted by atomic mass is 16.6. The molecule has 0 bridgehead atoms. The molecule has 0 fully saturated rings. The molecule has 146 valence electrons. The summed E-state index contributed by atoms with van der Waals surface area (Å²) < 4.78 is 13.0. The molecule has 0 radical (unpaired) electrons. The van der Waals surface area contributed by atoms with E-state index >= 15 is 0 Å². The summed E-state index contributed by atoms with van der Waals surface area (Å²) in [6, 6.07) is 12.0. The Morgan fingerprint density at radius 3 is 2.86 bits per heavy atom. The van der Waals surface area contributed by atoms with E-state index in [1.54, 1.807) is 13.0 Å². The second kappa shape index (κ2) is 7.23. The monoisotopic (exact) mass is 391 g/mol. The average Bonchev–Trinajstić information content (AvgIpc) is 3.28. The minimum Gasteiger partial charge on any atom is -0.460 e. The van der Waals surface area contributed by atoms with Crippen molar-refractivity contribution in [1.82, 2.24) is 9.55 Å². The lowest BCUT2D eigenvalue weighted by atomic mass is 10.2. The number of hydrogen-bond donors (Lipinski definition) is 0. The highest BCUT2D eigenvalue weighted by Gasteiger charge is 2.17. The lowest BCUT2D eigenvalue weighted by Gasteiger charge is -2.06. The molecule has 0 aliphatic carbocycles. The maximum Gasteiger partial charge on any atom is 0.333 e. The van der Waals surface area contributed by atoms with Crippen molar-refractivity contribution in [3.8, 4) is 11.5 Å². The van der Waals surface area contributed by atoms with Gasteiger partial charge in [-0.05, 0) is 19.1 Å². The van der Waals surface area contributed by atoms with Gasteiger partial charge in [0.1, 0.15) is 12.1 Å². The summed E-state index contributed by atoms with van der Waals surface area (Å²) in [7, 11) is 0. The van der Waals surface area contributed by atoms with Crippen LogP contribution >= 0.6 is 0 Å². The van der Waals surface area contributed by atoms with Crippen molar-refractivity contribution < 1.29 is 18.9 Å². The molecular formula is C21H17N3O5. The number of rotatable bonds is 6. The first-order chi connectivity index (χ1) is 13.9. The number of carbonyl (C=O) groups is 1. The van der Waals surface area contributed by atoms with Crippen LogP contribution in [0.5, 0.6) is 0 Å². The normalized spacial score (nSPS) is 11.1. The van der Waals surface area contributed by atoms with Gasteiger partial charge in [0.25, 0.3) is 5.69 Å². The van der Waals surface area contributed by atoms with Gasteiger partial charge in [0, 0.05) is 28.7 Å². The molecule has 0 N–H and O–H groups in total. The predicted molar refractivity (Wildman–Crippen MR) is 107 cm³/mol. The summed E-state index contributed by atoms with van der Waals surface area (Å²) in [4.78, 5) is 26.6. The second-order valence-corrected chi connectivity index (χ2v) is 6.60. The van der Waals surface area contributed by atoms with E-state index in [0.29, 0.717) is 29.1 Å². The van der Waals surface area contributed by atoms with Gasteiger partial charge in [-0.2, -0.15) is 0 Å². The molecular weight excluding hydrogens is 374 g/mol. The first-order valence-corrected chi connectivity index (χ1v) is 8.90. The van der Waals surface area contributed by atoms with Crippen molar-refractivity contribution in [2.24, 2.45) is 0 Å². The highest BCUT2D eigenvalue weighted by molar-refractivity contribution is 5.95. The zero-order chi connectivity index (χ0) is 20.5. The number of para-hydroxylation sites is 1. The maximum absolute atomic E-state index is 11.6. The number of hydrogen-bond acceptors (Lipinski definition) is 6. The Morgan fingerprint density at radius 1 is 1.31 bits per heavy atom. The summed E-state index contributed by atoms with van der Waals surface area (Å²) >= 11 is 0. The highest BCUT2D eigenvalue weighted by Crippen LogP contribution is 2.33. The average molecular weight is 391 g/mol. The number of fused-ring (bicyclic) bond motifs is 2. The van der Waals surface area contributed by atoms with Gasteiger partial charge in [0.05, 0.1) is 23.1 Å². The molecule has 0 amide bonds. The van der Waals surface area contributed by atoms with E-state index in [1.165, 1.54) is 12.1 Å². The van der Waals surface area contributed by atoms with E-state index in [2.05, 4.69) is 11.6 Å². The van der Waals surface area contributed by atoms with Crippen molar-refractivity contribution in [3.63, 3.8) is 0 Å². The van der Waals surface area contributed by atoms with E-state index < -0.39 is 10.9 Å². The Morgan fingerprint density at radius 2 is 2.10 bits per heavy atom. The number of nitro groups is 1. The van der Waals surface area contributed by atoms with Crippen molar-refractivity contribution in [2.75, 3.05) is 6.61 Å². The molecule has 8 nitrogen and oxygen atoms in total. The van der Waals surface area contributed by atoms with Crippen LogP contribution in [-0.2, 0) is 16.1 Å². The maximum atomic E-state index is 11.6. The van der Waals surface area contributed by atoms with Crippen LogP contribution in [0.4, 0.5) is 5.69 Å². The Labute approximate surface area is 165 Å². The van der Waals surface area contributed by atoms with Gasteiger partial charge in [0.2, 0.25) is 5.89 Å². The zero-order valence-corrected chi connectivity index (χ0v) is 15.6. The molecule has 0 saturated heterocycles. The zero-order valence-electron chi connectivity index (χ0n) is 15.6. The molecule has 0 aliphatic heterocycles. The van der Waals surface area contributed by atoms with Crippen LogP contribution in [-0.4, -0.2) is 27.1 Å². The number of non-ortho nitro benzene ring substituents is 1. The van der Waals surface area contributed by atoms with Gasteiger partial charge in [-0.3, -0.25) is 10.1 Å². The topological polar surface area (TPSA) is 100 Å². The Kier molecular flexibility index (Phi) is 4.59. The van der Waals surface area contributed by atoms with Gasteiger partial charge in [0.15, 0.2) is 5.58 Å². The van der Waals surface area contributed by atoms with E-state index in [9.17, 15) is 14.9 Å². The lowest BCUT2D eigenvalue weighted by Crippen LogP contribution is -2.11. The van der Waals surface area contributed by atoms with Crippen LogP contribution in [0.25, 0.3) is 33.5 Å².